The van der Waals surface area contributed by atoms with E-state index in [1.54, 1.807) is 13.2 Å². The molecule has 2 rings (SSSR count). The van der Waals surface area contributed by atoms with Crippen molar-refractivity contribution >= 4 is 0 Å². The molecule has 1 atom stereocenters. The monoisotopic (exact) mass is 244 g/mol. The van der Waals surface area contributed by atoms with Gasteiger partial charge in [-0.3, -0.25) is 0 Å². The molecule has 0 heterocycles. The van der Waals surface area contributed by atoms with Gasteiger partial charge in [0.05, 0.1) is 7.11 Å². The van der Waals surface area contributed by atoms with Crippen molar-refractivity contribution in [1.82, 2.24) is 0 Å². The van der Waals surface area contributed by atoms with Gasteiger partial charge < -0.3 is 4.74 Å². The minimum absolute atomic E-state index is 0.127. The third kappa shape index (κ3) is 2.89. The molecule has 0 bridgehead atoms. The maximum absolute atomic E-state index is 13.6. The first-order chi connectivity index (χ1) is 8.70. The van der Waals surface area contributed by atoms with Crippen LogP contribution in [0.15, 0.2) is 48.5 Å². The molecule has 0 spiro atoms. The van der Waals surface area contributed by atoms with Gasteiger partial charge in [-0.05, 0) is 41.7 Å². The Kier molecular flexibility index (Phi) is 3.98. The zero-order valence-electron chi connectivity index (χ0n) is 10.7. The predicted molar refractivity (Wildman–Crippen MR) is 71.5 cm³/mol. The molecule has 2 aromatic rings. The molecule has 1 unspecified atom stereocenters. The summed E-state index contributed by atoms with van der Waals surface area (Å²) in [4.78, 5) is 0. The van der Waals surface area contributed by atoms with Crippen molar-refractivity contribution in [1.29, 1.82) is 0 Å². The van der Waals surface area contributed by atoms with Crippen LogP contribution in [0.4, 0.5) is 4.39 Å². The number of methoxy groups -OCH3 is 1. The molecule has 1 nitrogen and oxygen atoms in total. The highest BCUT2D eigenvalue weighted by molar-refractivity contribution is 5.30. The molecule has 0 aliphatic rings. The second-order valence-corrected chi connectivity index (χ2v) is 4.47. The molecule has 94 valence electrons. The number of rotatable bonds is 4. The second-order valence-electron chi connectivity index (χ2n) is 4.47. The summed E-state index contributed by atoms with van der Waals surface area (Å²) in [5.41, 5.74) is 1.96. The molecule has 0 saturated carbocycles. The van der Waals surface area contributed by atoms with Crippen LogP contribution in [0.25, 0.3) is 0 Å². The Labute approximate surface area is 107 Å². The Morgan fingerprint density at radius 1 is 1.06 bits per heavy atom. The lowest BCUT2D eigenvalue weighted by Crippen LogP contribution is -2.00. The number of ether oxygens (including phenoxy) is 1. The summed E-state index contributed by atoms with van der Waals surface area (Å²) < 4.78 is 18.7. The Bertz CT molecular complexity index is 505. The summed E-state index contributed by atoms with van der Waals surface area (Å²) in [7, 11) is 1.65. The highest BCUT2D eigenvalue weighted by atomic mass is 19.1. The van der Waals surface area contributed by atoms with Gasteiger partial charge in [0.1, 0.15) is 11.6 Å². The van der Waals surface area contributed by atoms with Gasteiger partial charge in [0.15, 0.2) is 0 Å². The largest absolute Gasteiger partial charge is 0.497 e. The van der Waals surface area contributed by atoms with Crippen LogP contribution < -0.4 is 4.74 Å². The fourth-order valence-electron chi connectivity index (χ4n) is 2.04. The van der Waals surface area contributed by atoms with Crippen molar-refractivity contribution < 1.29 is 9.13 Å². The molecule has 0 aliphatic carbocycles. The molecule has 18 heavy (non-hydrogen) atoms. The zero-order chi connectivity index (χ0) is 13.0. The fourth-order valence-corrected chi connectivity index (χ4v) is 2.04. The molecule has 2 heteroatoms. The molecule has 2 aromatic carbocycles. The lowest BCUT2D eigenvalue weighted by molar-refractivity contribution is 0.414. The Balaban J connectivity index is 2.11. The van der Waals surface area contributed by atoms with Gasteiger partial charge in [-0.15, -0.1) is 0 Å². The highest BCUT2D eigenvalue weighted by Gasteiger charge is 2.09. The lowest BCUT2D eigenvalue weighted by atomic mass is 9.93. The summed E-state index contributed by atoms with van der Waals surface area (Å²) in [5.74, 6) is 1.00. The second kappa shape index (κ2) is 5.67. The van der Waals surface area contributed by atoms with Crippen molar-refractivity contribution in [3.63, 3.8) is 0 Å². The molecular formula is C16H17FO. The van der Waals surface area contributed by atoms with Crippen LogP contribution in [0.5, 0.6) is 5.75 Å². The maximum atomic E-state index is 13.6. The van der Waals surface area contributed by atoms with Gasteiger partial charge in [-0.1, -0.05) is 37.3 Å². The van der Waals surface area contributed by atoms with Crippen molar-refractivity contribution in [3.05, 3.63) is 65.5 Å². The van der Waals surface area contributed by atoms with Gasteiger partial charge in [-0.25, -0.2) is 4.39 Å². The summed E-state index contributed by atoms with van der Waals surface area (Å²) in [6, 6.07) is 14.9. The van der Waals surface area contributed by atoms with Crippen LogP contribution in [-0.2, 0) is 6.42 Å². The molecule has 0 N–H and O–H groups in total. The van der Waals surface area contributed by atoms with Crippen LogP contribution in [0.3, 0.4) is 0 Å². The van der Waals surface area contributed by atoms with Gasteiger partial charge in [0.2, 0.25) is 0 Å². The number of halogens is 1. The lowest BCUT2D eigenvalue weighted by Gasteiger charge is -2.13. The topological polar surface area (TPSA) is 9.23 Å². The summed E-state index contributed by atoms with van der Waals surface area (Å²) in [6.07, 6.45) is 0.707. The predicted octanol–water partition coefficient (Wildman–Crippen LogP) is 4.18. The third-order valence-corrected chi connectivity index (χ3v) is 3.17. The fraction of sp³-hybridized carbons (Fsp3) is 0.250. The van der Waals surface area contributed by atoms with E-state index in [0.717, 1.165) is 11.3 Å². The van der Waals surface area contributed by atoms with Crippen molar-refractivity contribution in [3.8, 4) is 5.75 Å². The molecule has 0 aromatic heterocycles. The minimum atomic E-state index is -0.127. The van der Waals surface area contributed by atoms with E-state index in [1.165, 1.54) is 11.6 Å². The molecular weight excluding hydrogens is 227 g/mol. The Hall–Kier alpha value is -1.83. The third-order valence-electron chi connectivity index (χ3n) is 3.17. The van der Waals surface area contributed by atoms with Crippen LogP contribution in [0, 0.1) is 5.82 Å². The van der Waals surface area contributed by atoms with Crippen molar-refractivity contribution in [2.45, 2.75) is 19.3 Å². The summed E-state index contributed by atoms with van der Waals surface area (Å²) in [6.45, 7) is 2.11. The molecule has 0 saturated heterocycles. The summed E-state index contributed by atoms with van der Waals surface area (Å²) >= 11 is 0. The van der Waals surface area contributed by atoms with E-state index in [1.807, 2.05) is 36.4 Å². The average Bonchev–Trinajstić information content (AvgIpc) is 2.41. The average molecular weight is 244 g/mol. The van der Waals surface area contributed by atoms with Crippen LogP contribution in [0.1, 0.15) is 24.0 Å². The Morgan fingerprint density at radius 2 is 1.72 bits per heavy atom. The minimum Gasteiger partial charge on any atom is -0.497 e. The molecule has 0 aliphatic heterocycles. The first-order valence-electron chi connectivity index (χ1n) is 6.08. The van der Waals surface area contributed by atoms with E-state index in [9.17, 15) is 4.39 Å². The highest BCUT2D eigenvalue weighted by Crippen LogP contribution is 2.23. The number of benzene rings is 2. The van der Waals surface area contributed by atoms with Gasteiger partial charge in [-0.2, -0.15) is 0 Å². The van der Waals surface area contributed by atoms with Crippen LogP contribution in [0.2, 0.25) is 0 Å². The van der Waals surface area contributed by atoms with E-state index in [2.05, 4.69) is 6.92 Å². The summed E-state index contributed by atoms with van der Waals surface area (Å²) in [5, 5.41) is 0. The first kappa shape index (κ1) is 12.6. The molecule has 0 radical (unpaired) electrons. The van der Waals surface area contributed by atoms with Crippen molar-refractivity contribution in [2.75, 3.05) is 7.11 Å². The van der Waals surface area contributed by atoms with E-state index >= 15 is 0 Å². The smallest absolute Gasteiger partial charge is 0.126 e. The van der Waals surface area contributed by atoms with Gasteiger partial charge in [0, 0.05) is 0 Å². The standard InChI is InChI=1S/C16H17FO/c1-12(11-14-5-3-4-6-16(14)17)13-7-9-15(18-2)10-8-13/h3-10,12H,11H2,1-2H3. The van der Waals surface area contributed by atoms with E-state index in [4.69, 9.17) is 4.74 Å². The van der Waals surface area contributed by atoms with Gasteiger partial charge >= 0.3 is 0 Å². The van der Waals surface area contributed by atoms with Gasteiger partial charge in [0.25, 0.3) is 0 Å². The normalized spacial score (nSPS) is 12.2. The molecule has 0 fully saturated rings. The molecule has 0 amide bonds. The van der Waals surface area contributed by atoms with E-state index < -0.39 is 0 Å². The van der Waals surface area contributed by atoms with Crippen molar-refractivity contribution in [2.24, 2.45) is 0 Å². The zero-order valence-corrected chi connectivity index (χ0v) is 10.7. The van der Waals surface area contributed by atoms with E-state index in [-0.39, 0.29) is 11.7 Å². The number of hydrogen-bond acceptors (Lipinski definition) is 1. The quantitative estimate of drug-likeness (QED) is 0.784. The van der Waals surface area contributed by atoms with E-state index in [0.29, 0.717) is 6.42 Å². The van der Waals surface area contributed by atoms with Crippen LogP contribution in [-0.4, -0.2) is 7.11 Å². The SMILES string of the molecule is COc1ccc(C(C)Cc2ccccc2F)cc1. The first-order valence-corrected chi connectivity index (χ1v) is 6.08. The Morgan fingerprint density at radius 3 is 2.33 bits per heavy atom. The maximum Gasteiger partial charge on any atom is 0.126 e. The van der Waals surface area contributed by atoms with Crippen LogP contribution >= 0.6 is 0 Å². The number of hydrogen-bond donors (Lipinski definition) is 0.